The van der Waals surface area contributed by atoms with Crippen molar-refractivity contribution in [1.82, 2.24) is 0 Å². The average Bonchev–Trinajstić information content (AvgIpc) is 3.05. The van der Waals surface area contributed by atoms with Crippen LogP contribution in [0.4, 0.5) is 17.6 Å². The fraction of sp³-hybridized carbons (Fsp3) is 0.500. The zero-order chi connectivity index (χ0) is 13.3. The van der Waals surface area contributed by atoms with Gasteiger partial charge >= 0.3 is 6.18 Å². The molecule has 0 bridgehead atoms. The van der Waals surface area contributed by atoms with Crippen LogP contribution in [0.15, 0.2) is 18.2 Å². The van der Waals surface area contributed by atoms with Crippen LogP contribution in [0.2, 0.25) is 0 Å². The third-order valence-corrected chi connectivity index (χ3v) is 2.63. The van der Waals surface area contributed by atoms with Gasteiger partial charge in [0, 0.05) is 0 Å². The van der Waals surface area contributed by atoms with E-state index in [1.807, 2.05) is 0 Å². The van der Waals surface area contributed by atoms with Crippen LogP contribution < -0.4 is 0 Å². The van der Waals surface area contributed by atoms with E-state index < -0.39 is 18.1 Å². The molecule has 0 unspecified atom stereocenters. The standard InChI is InChI=1S/C12H12F4O2/c1-7-4-8(2-3-10(7)13)11(12(14,15)16)18-6-9-5-17-9/h2-4,9,11H,5-6H2,1H3/t9-,11+/m1/s1. The maximum absolute atomic E-state index is 13.0. The summed E-state index contributed by atoms with van der Waals surface area (Å²) >= 11 is 0. The van der Waals surface area contributed by atoms with Gasteiger partial charge in [-0.3, -0.25) is 0 Å². The molecule has 100 valence electrons. The van der Waals surface area contributed by atoms with Crippen molar-refractivity contribution in [3.05, 3.63) is 35.1 Å². The number of hydrogen-bond donors (Lipinski definition) is 0. The van der Waals surface area contributed by atoms with Gasteiger partial charge in [0.1, 0.15) is 11.9 Å². The third-order valence-electron chi connectivity index (χ3n) is 2.63. The zero-order valence-electron chi connectivity index (χ0n) is 9.63. The first kappa shape index (κ1) is 13.3. The first-order chi connectivity index (χ1) is 8.38. The van der Waals surface area contributed by atoms with Gasteiger partial charge in [0.15, 0.2) is 6.10 Å². The minimum atomic E-state index is -4.53. The summed E-state index contributed by atoms with van der Waals surface area (Å²) in [6, 6.07) is 3.26. The van der Waals surface area contributed by atoms with Crippen LogP contribution in [0, 0.1) is 12.7 Å². The number of epoxide rings is 1. The Morgan fingerprint density at radius 2 is 2.11 bits per heavy atom. The summed E-state index contributed by atoms with van der Waals surface area (Å²) in [5.41, 5.74) is 0.0649. The Hall–Kier alpha value is -1.14. The van der Waals surface area contributed by atoms with Crippen LogP contribution in [-0.2, 0) is 9.47 Å². The van der Waals surface area contributed by atoms with Crippen molar-refractivity contribution in [1.29, 1.82) is 0 Å². The molecule has 18 heavy (non-hydrogen) atoms. The largest absolute Gasteiger partial charge is 0.418 e. The van der Waals surface area contributed by atoms with Crippen LogP contribution in [0.3, 0.4) is 0 Å². The third kappa shape index (κ3) is 3.20. The molecule has 1 aromatic rings. The molecule has 2 atom stereocenters. The molecule has 0 spiro atoms. The first-order valence-electron chi connectivity index (χ1n) is 5.44. The second kappa shape index (κ2) is 4.85. The number of halogens is 4. The lowest BCUT2D eigenvalue weighted by atomic mass is 10.1. The van der Waals surface area contributed by atoms with Crippen molar-refractivity contribution in [3.63, 3.8) is 0 Å². The Labute approximate surface area is 102 Å². The number of benzene rings is 1. The van der Waals surface area contributed by atoms with E-state index in [-0.39, 0.29) is 23.8 Å². The lowest BCUT2D eigenvalue weighted by molar-refractivity contribution is -0.224. The maximum Gasteiger partial charge on any atom is 0.418 e. The topological polar surface area (TPSA) is 21.8 Å². The Balaban J connectivity index is 2.17. The van der Waals surface area contributed by atoms with Gasteiger partial charge in [-0.2, -0.15) is 13.2 Å². The highest BCUT2D eigenvalue weighted by Crippen LogP contribution is 2.37. The monoisotopic (exact) mass is 264 g/mol. The van der Waals surface area contributed by atoms with E-state index in [1.54, 1.807) is 0 Å². The lowest BCUT2D eigenvalue weighted by Crippen LogP contribution is -2.25. The molecular weight excluding hydrogens is 252 g/mol. The van der Waals surface area contributed by atoms with Crippen molar-refractivity contribution in [2.75, 3.05) is 13.2 Å². The number of rotatable bonds is 4. The molecule has 0 N–H and O–H groups in total. The first-order valence-corrected chi connectivity index (χ1v) is 5.44. The van der Waals surface area contributed by atoms with E-state index in [1.165, 1.54) is 6.92 Å². The normalized spacial score (nSPS) is 20.8. The van der Waals surface area contributed by atoms with Gasteiger partial charge in [-0.1, -0.05) is 12.1 Å². The molecule has 0 aliphatic carbocycles. The summed E-state index contributed by atoms with van der Waals surface area (Å²) in [4.78, 5) is 0. The molecule has 0 radical (unpaired) electrons. The Kier molecular flexibility index (Phi) is 3.59. The molecule has 1 saturated heterocycles. The zero-order valence-corrected chi connectivity index (χ0v) is 9.63. The van der Waals surface area contributed by atoms with Crippen molar-refractivity contribution in [3.8, 4) is 0 Å². The number of ether oxygens (including phenoxy) is 2. The SMILES string of the molecule is Cc1cc([C@H](OC[C@H]2CO2)C(F)(F)F)ccc1F. The molecule has 1 heterocycles. The summed E-state index contributed by atoms with van der Waals surface area (Å²) in [5, 5.41) is 0. The molecular formula is C12H12F4O2. The highest BCUT2D eigenvalue weighted by Gasteiger charge is 2.43. The molecule has 1 aliphatic rings. The fourth-order valence-corrected chi connectivity index (χ4v) is 1.58. The van der Waals surface area contributed by atoms with Crippen LogP contribution in [0.5, 0.6) is 0 Å². The Morgan fingerprint density at radius 1 is 1.44 bits per heavy atom. The summed E-state index contributed by atoms with van der Waals surface area (Å²) in [6.07, 6.45) is -6.82. The molecule has 1 fully saturated rings. The van der Waals surface area contributed by atoms with Gasteiger partial charge in [0.2, 0.25) is 0 Å². The smallest absolute Gasteiger partial charge is 0.371 e. The average molecular weight is 264 g/mol. The maximum atomic E-state index is 13.0. The van der Waals surface area contributed by atoms with Crippen molar-refractivity contribution in [2.24, 2.45) is 0 Å². The molecule has 2 nitrogen and oxygen atoms in total. The molecule has 1 aliphatic heterocycles. The molecule has 0 amide bonds. The number of aryl methyl sites for hydroxylation is 1. The Morgan fingerprint density at radius 3 is 2.61 bits per heavy atom. The molecule has 0 aromatic heterocycles. The van der Waals surface area contributed by atoms with E-state index in [2.05, 4.69) is 0 Å². The van der Waals surface area contributed by atoms with E-state index in [0.29, 0.717) is 6.61 Å². The van der Waals surface area contributed by atoms with Gasteiger partial charge < -0.3 is 9.47 Å². The van der Waals surface area contributed by atoms with E-state index in [0.717, 1.165) is 18.2 Å². The summed E-state index contributed by atoms with van der Waals surface area (Å²) in [7, 11) is 0. The predicted octanol–water partition coefficient (Wildman–Crippen LogP) is 3.15. The molecule has 1 aromatic carbocycles. The quantitative estimate of drug-likeness (QED) is 0.615. The van der Waals surface area contributed by atoms with Crippen LogP contribution in [0.1, 0.15) is 17.2 Å². The van der Waals surface area contributed by atoms with Gasteiger partial charge in [-0.25, -0.2) is 4.39 Å². The van der Waals surface area contributed by atoms with E-state index >= 15 is 0 Å². The highest BCUT2D eigenvalue weighted by molar-refractivity contribution is 5.26. The number of alkyl halides is 3. The molecule has 0 saturated carbocycles. The predicted molar refractivity (Wildman–Crippen MR) is 55.6 cm³/mol. The van der Waals surface area contributed by atoms with Crippen molar-refractivity contribution >= 4 is 0 Å². The Bertz CT molecular complexity index is 427. The van der Waals surface area contributed by atoms with E-state index in [9.17, 15) is 17.6 Å². The second-order valence-corrected chi connectivity index (χ2v) is 4.22. The minimum absolute atomic E-state index is 0.0953. The van der Waals surface area contributed by atoms with Gasteiger partial charge in [0.05, 0.1) is 13.2 Å². The summed E-state index contributed by atoms with van der Waals surface area (Å²) < 4.78 is 61.2. The van der Waals surface area contributed by atoms with E-state index in [4.69, 9.17) is 9.47 Å². The summed E-state index contributed by atoms with van der Waals surface area (Å²) in [6.45, 7) is 1.73. The second-order valence-electron chi connectivity index (χ2n) is 4.22. The van der Waals surface area contributed by atoms with Crippen molar-refractivity contribution < 1.29 is 27.0 Å². The van der Waals surface area contributed by atoms with Crippen LogP contribution in [-0.4, -0.2) is 25.5 Å². The lowest BCUT2D eigenvalue weighted by Gasteiger charge is -2.21. The molecule has 2 rings (SSSR count). The van der Waals surface area contributed by atoms with Gasteiger partial charge in [-0.05, 0) is 24.1 Å². The van der Waals surface area contributed by atoms with Gasteiger partial charge in [0.25, 0.3) is 0 Å². The fourth-order valence-electron chi connectivity index (χ4n) is 1.58. The number of hydrogen-bond acceptors (Lipinski definition) is 2. The minimum Gasteiger partial charge on any atom is -0.371 e. The molecule has 6 heteroatoms. The summed E-state index contributed by atoms with van der Waals surface area (Å²) in [5.74, 6) is -0.537. The van der Waals surface area contributed by atoms with Crippen LogP contribution >= 0.6 is 0 Å². The highest BCUT2D eigenvalue weighted by atomic mass is 19.4. The van der Waals surface area contributed by atoms with Crippen molar-refractivity contribution in [2.45, 2.75) is 25.3 Å². The van der Waals surface area contributed by atoms with Gasteiger partial charge in [-0.15, -0.1) is 0 Å². The van der Waals surface area contributed by atoms with Crippen LogP contribution in [0.25, 0.3) is 0 Å².